The quantitative estimate of drug-likeness (QED) is 0.743. The number of carbonyl (C=O) groups is 2. The molecule has 0 fully saturated rings. The Morgan fingerprint density at radius 1 is 1.32 bits per heavy atom. The standard InChI is InChI=1S/C16H17N5O4/c1-16(2,3)15-18-10-6-9(4-5-12(10)25-15)17-13(22)8-21-7-11(14(23)24)19-20-21/h4-7H,8H2,1-3H3,(H,17,22)(H,23,24). The number of rotatable bonds is 4. The highest BCUT2D eigenvalue weighted by atomic mass is 16.4. The van der Waals surface area contributed by atoms with E-state index in [0.717, 1.165) is 4.68 Å². The van der Waals surface area contributed by atoms with Gasteiger partial charge in [-0.1, -0.05) is 26.0 Å². The van der Waals surface area contributed by atoms with Gasteiger partial charge in [0.1, 0.15) is 12.1 Å². The Morgan fingerprint density at radius 2 is 2.08 bits per heavy atom. The van der Waals surface area contributed by atoms with Crippen LogP contribution < -0.4 is 5.32 Å². The van der Waals surface area contributed by atoms with Crippen LogP contribution in [0.5, 0.6) is 0 Å². The number of carboxylic acid groups (broad SMARTS) is 1. The summed E-state index contributed by atoms with van der Waals surface area (Å²) in [5, 5.41) is 18.6. The van der Waals surface area contributed by atoms with Crippen LogP contribution in [0.15, 0.2) is 28.8 Å². The predicted octanol–water partition coefficient (Wildman–Crippen LogP) is 2.05. The summed E-state index contributed by atoms with van der Waals surface area (Å²) in [7, 11) is 0. The Morgan fingerprint density at radius 3 is 2.72 bits per heavy atom. The van der Waals surface area contributed by atoms with Crippen molar-refractivity contribution in [3.8, 4) is 0 Å². The van der Waals surface area contributed by atoms with Crippen molar-refractivity contribution >= 4 is 28.7 Å². The second-order valence-electron chi connectivity index (χ2n) is 6.61. The Kier molecular flexibility index (Phi) is 3.99. The van der Waals surface area contributed by atoms with E-state index in [1.807, 2.05) is 20.8 Å². The molecule has 1 aromatic carbocycles. The lowest BCUT2D eigenvalue weighted by Gasteiger charge is -2.11. The van der Waals surface area contributed by atoms with Gasteiger partial charge in [-0.3, -0.25) is 4.79 Å². The minimum absolute atomic E-state index is 0.148. The Hall–Kier alpha value is -3.23. The first kappa shape index (κ1) is 16.6. The van der Waals surface area contributed by atoms with Gasteiger partial charge < -0.3 is 14.8 Å². The van der Waals surface area contributed by atoms with E-state index in [9.17, 15) is 9.59 Å². The van der Waals surface area contributed by atoms with Crippen LogP contribution in [0.2, 0.25) is 0 Å². The number of benzene rings is 1. The van der Waals surface area contributed by atoms with Crippen molar-refractivity contribution in [2.75, 3.05) is 5.32 Å². The van der Waals surface area contributed by atoms with Crippen LogP contribution in [0.3, 0.4) is 0 Å². The minimum atomic E-state index is -1.20. The minimum Gasteiger partial charge on any atom is -0.476 e. The van der Waals surface area contributed by atoms with Crippen LogP contribution in [0.4, 0.5) is 5.69 Å². The second kappa shape index (κ2) is 6.00. The average Bonchev–Trinajstić information content (AvgIpc) is 3.12. The molecule has 2 N–H and O–H groups in total. The summed E-state index contributed by atoms with van der Waals surface area (Å²) in [6.07, 6.45) is 1.19. The van der Waals surface area contributed by atoms with Crippen LogP contribution in [-0.4, -0.2) is 37.0 Å². The van der Waals surface area contributed by atoms with E-state index >= 15 is 0 Å². The predicted molar refractivity (Wildman–Crippen MR) is 88.3 cm³/mol. The first-order chi connectivity index (χ1) is 11.7. The molecular formula is C16H17N5O4. The zero-order valence-electron chi connectivity index (χ0n) is 14.0. The van der Waals surface area contributed by atoms with E-state index < -0.39 is 5.97 Å². The molecule has 2 heterocycles. The van der Waals surface area contributed by atoms with E-state index in [4.69, 9.17) is 9.52 Å². The van der Waals surface area contributed by atoms with Crippen molar-refractivity contribution in [1.82, 2.24) is 20.0 Å². The maximum atomic E-state index is 12.1. The van der Waals surface area contributed by atoms with Gasteiger partial charge in [0.2, 0.25) is 11.8 Å². The summed E-state index contributed by atoms with van der Waals surface area (Å²) < 4.78 is 6.87. The molecule has 2 aromatic heterocycles. The molecule has 1 amide bonds. The SMILES string of the molecule is CC(C)(C)c1nc2cc(NC(=O)Cn3cc(C(=O)O)nn3)ccc2o1. The molecule has 0 saturated carbocycles. The molecule has 9 nitrogen and oxygen atoms in total. The molecule has 0 saturated heterocycles. The number of amides is 1. The summed E-state index contributed by atoms with van der Waals surface area (Å²) in [5.74, 6) is -0.937. The largest absolute Gasteiger partial charge is 0.476 e. The lowest BCUT2D eigenvalue weighted by molar-refractivity contribution is -0.116. The number of fused-ring (bicyclic) bond motifs is 1. The van der Waals surface area contributed by atoms with Gasteiger partial charge in [0.05, 0.1) is 6.20 Å². The smallest absolute Gasteiger partial charge is 0.358 e. The van der Waals surface area contributed by atoms with Crippen LogP contribution >= 0.6 is 0 Å². The van der Waals surface area contributed by atoms with Crippen LogP contribution in [0, 0.1) is 0 Å². The summed E-state index contributed by atoms with van der Waals surface area (Å²) in [5.41, 5.74) is 1.43. The molecule has 0 aliphatic rings. The summed E-state index contributed by atoms with van der Waals surface area (Å²) >= 11 is 0. The highest BCUT2D eigenvalue weighted by molar-refractivity contribution is 5.92. The highest BCUT2D eigenvalue weighted by Gasteiger charge is 2.21. The van der Waals surface area contributed by atoms with Crippen LogP contribution in [0.1, 0.15) is 37.2 Å². The fourth-order valence-electron chi connectivity index (χ4n) is 2.15. The van der Waals surface area contributed by atoms with Gasteiger partial charge in [0.25, 0.3) is 0 Å². The third-order valence-corrected chi connectivity index (χ3v) is 3.38. The molecule has 0 atom stereocenters. The van der Waals surface area contributed by atoms with Crippen molar-refractivity contribution < 1.29 is 19.1 Å². The Balaban J connectivity index is 1.73. The van der Waals surface area contributed by atoms with E-state index in [1.165, 1.54) is 6.20 Å². The fourth-order valence-corrected chi connectivity index (χ4v) is 2.15. The molecule has 0 aliphatic heterocycles. The summed E-state index contributed by atoms with van der Waals surface area (Å²) in [6, 6.07) is 5.17. The molecule has 3 aromatic rings. The number of hydrogen-bond acceptors (Lipinski definition) is 6. The van der Waals surface area contributed by atoms with Gasteiger partial charge in [-0.05, 0) is 18.2 Å². The zero-order valence-corrected chi connectivity index (χ0v) is 14.0. The third-order valence-electron chi connectivity index (χ3n) is 3.38. The number of anilines is 1. The van der Waals surface area contributed by atoms with E-state index in [2.05, 4.69) is 20.6 Å². The maximum absolute atomic E-state index is 12.1. The molecule has 0 spiro atoms. The summed E-state index contributed by atoms with van der Waals surface area (Å²) in [6.45, 7) is 5.86. The van der Waals surface area contributed by atoms with Crippen molar-refractivity contribution in [2.45, 2.75) is 32.7 Å². The number of nitrogens with one attached hydrogen (secondary N) is 1. The Labute approximate surface area is 142 Å². The number of carboxylic acids is 1. The van der Waals surface area contributed by atoms with E-state index in [1.54, 1.807) is 18.2 Å². The van der Waals surface area contributed by atoms with Gasteiger partial charge in [-0.2, -0.15) is 0 Å². The number of oxazole rings is 1. The molecular weight excluding hydrogens is 326 g/mol. The molecule has 0 unspecified atom stereocenters. The van der Waals surface area contributed by atoms with Gasteiger partial charge in [-0.25, -0.2) is 14.5 Å². The molecule has 0 bridgehead atoms. The Bertz CT molecular complexity index is 951. The van der Waals surface area contributed by atoms with Crippen molar-refractivity contribution in [3.63, 3.8) is 0 Å². The molecule has 3 rings (SSSR count). The molecule has 25 heavy (non-hydrogen) atoms. The van der Waals surface area contributed by atoms with Crippen molar-refractivity contribution in [3.05, 3.63) is 36.0 Å². The number of hydrogen-bond donors (Lipinski definition) is 2. The molecule has 9 heteroatoms. The first-order valence-electron chi connectivity index (χ1n) is 7.57. The topological polar surface area (TPSA) is 123 Å². The number of aromatic carboxylic acids is 1. The molecule has 130 valence electrons. The number of aromatic nitrogens is 4. The number of nitrogens with zero attached hydrogens (tertiary/aromatic N) is 4. The summed E-state index contributed by atoms with van der Waals surface area (Å²) in [4.78, 5) is 27.3. The van der Waals surface area contributed by atoms with Gasteiger partial charge in [0.15, 0.2) is 11.3 Å². The monoisotopic (exact) mass is 343 g/mol. The fraction of sp³-hybridized carbons (Fsp3) is 0.312. The van der Waals surface area contributed by atoms with E-state index in [0.29, 0.717) is 22.7 Å². The average molecular weight is 343 g/mol. The van der Waals surface area contributed by atoms with Gasteiger partial charge in [-0.15, -0.1) is 5.10 Å². The van der Waals surface area contributed by atoms with Crippen LogP contribution in [0.25, 0.3) is 11.1 Å². The van der Waals surface area contributed by atoms with Crippen molar-refractivity contribution in [2.24, 2.45) is 0 Å². The molecule has 0 radical (unpaired) electrons. The van der Waals surface area contributed by atoms with E-state index in [-0.39, 0.29) is 23.6 Å². The maximum Gasteiger partial charge on any atom is 0.358 e. The van der Waals surface area contributed by atoms with Gasteiger partial charge >= 0.3 is 5.97 Å². The van der Waals surface area contributed by atoms with Crippen molar-refractivity contribution in [1.29, 1.82) is 0 Å². The molecule has 0 aliphatic carbocycles. The highest BCUT2D eigenvalue weighted by Crippen LogP contribution is 2.27. The zero-order chi connectivity index (χ0) is 18.2. The lowest BCUT2D eigenvalue weighted by atomic mass is 9.97. The lowest BCUT2D eigenvalue weighted by Crippen LogP contribution is -2.19. The first-order valence-corrected chi connectivity index (χ1v) is 7.57. The second-order valence-corrected chi connectivity index (χ2v) is 6.61. The van der Waals surface area contributed by atoms with Gasteiger partial charge in [0, 0.05) is 11.1 Å². The third kappa shape index (κ3) is 3.65. The normalized spacial score (nSPS) is 11.6. The van der Waals surface area contributed by atoms with Crippen LogP contribution in [-0.2, 0) is 16.8 Å². The number of carbonyl (C=O) groups excluding carboxylic acids is 1.